The molecule has 2 aliphatic heterocycles. The summed E-state index contributed by atoms with van der Waals surface area (Å²) in [6.07, 6.45) is 11.5. The molecule has 0 radical (unpaired) electrons. The van der Waals surface area contributed by atoms with Gasteiger partial charge in [-0.1, -0.05) is 20.3 Å². The highest BCUT2D eigenvalue weighted by Gasteiger charge is 2.41. The summed E-state index contributed by atoms with van der Waals surface area (Å²) in [7, 11) is 0. The second kappa shape index (κ2) is 6.13. The Balaban J connectivity index is 1.51. The zero-order chi connectivity index (χ0) is 13.2. The maximum Gasteiger partial charge on any atom is 0.0114 e. The Morgan fingerprint density at radius 3 is 2.32 bits per heavy atom. The summed E-state index contributed by atoms with van der Waals surface area (Å²) in [5, 5.41) is 3.77. The standard InChI is InChI=1S/C17H32N2/c1-3-8-18-15-10-16-6-7-17(11-15)19(16)12-14-5-4-13(2)9-14/h13-18H,3-12H2,1-2H3. The summed E-state index contributed by atoms with van der Waals surface area (Å²) in [5.74, 6) is 2.00. The molecule has 2 heterocycles. The van der Waals surface area contributed by atoms with Crippen LogP contribution in [0.4, 0.5) is 0 Å². The number of fused-ring (bicyclic) bond motifs is 2. The van der Waals surface area contributed by atoms with Crippen molar-refractivity contribution in [3.05, 3.63) is 0 Å². The number of rotatable bonds is 5. The minimum Gasteiger partial charge on any atom is -0.314 e. The van der Waals surface area contributed by atoms with E-state index in [2.05, 4.69) is 24.1 Å². The second-order valence-electron chi connectivity index (χ2n) is 7.49. The molecule has 0 spiro atoms. The maximum atomic E-state index is 3.77. The number of hydrogen-bond donors (Lipinski definition) is 1. The molecule has 4 unspecified atom stereocenters. The van der Waals surface area contributed by atoms with Crippen molar-refractivity contribution in [3.8, 4) is 0 Å². The van der Waals surface area contributed by atoms with Crippen LogP contribution in [0.15, 0.2) is 0 Å². The van der Waals surface area contributed by atoms with Crippen LogP contribution in [-0.2, 0) is 0 Å². The summed E-state index contributed by atoms with van der Waals surface area (Å²) in [6.45, 7) is 7.35. The average Bonchev–Trinajstić information content (AvgIpc) is 2.89. The van der Waals surface area contributed by atoms with E-state index in [9.17, 15) is 0 Å². The van der Waals surface area contributed by atoms with Crippen LogP contribution in [0.1, 0.15) is 65.2 Å². The molecule has 0 aromatic carbocycles. The van der Waals surface area contributed by atoms with E-state index in [1.54, 1.807) is 0 Å². The highest BCUT2D eigenvalue weighted by Crippen LogP contribution is 2.39. The molecule has 2 saturated heterocycles. The van der Waals surface area contributed by atoms with Crippen LogP contribution in [0.3, 0.4) is 0 Å². The molecule has 2 bridgehead atoms. The van der Waals surface area contributed by atoms with Crippen LogP contribution in [0.2, 0.25) is 0 Å². The first kappa shape index (κ1) is 13.9. The predicted octanol–water partition coefficient (Wildman–Crippen LogP) is 3.42. The van der Waals surface area contributed by atoms with E-state index in [1.807, 2.05) is 0 Å². The quantitative estimate of drug-likeness (QED) is 0.818. The fraction of sp³-hybridized carbons (Fsp3) is 1.00. The van der Waals surface area contributed by atoms with Crippen LogP contribution >= 0.6 is 0 Å². The van der Waals surface area contributed by atoms with Gasteiger partial charge < -0.3 is 5.32 Å². The first-order valence-corrected chi connectivity index (χ1v) is 8.75. The highest BCUT2D eigenvalue weighted by atomic mass is 15.2. The van der Waals surface area contributed by atoms with Gasteiger partial charge in [-0.05, 0) is 63.3 Å². The van der Waals surface area contributed by atoms with Gasteiger partial charge >= 0.3 is 0 Å². The molecular weight excluding hydrogens is 232 g/mol. The van der Waals surface area contributed by atoms with Crippen LogP contribution in [0.5, 0.6) is 0 Å². The lowest BCUT2D eigenvalue weighted by Gasteiger charge is -2.40. The first-order valence-electron chi connectivity index (χ1n) is 8.75. The SMILES string of the molecule is CCCNC1CC2CCC(C1)N2CC1CCC(C)C1. The van der Waals surface area contributed by atoms with Crippen LogP contribution in [0, 0.1) is 11.8 Å². The summed E-state index contributed by atoms with van der Waals surface area (Å²) < 4.78 is 0. The lowest BCUT2D eigenvalue weighted by Crippen LogP contribution is -2.50. The molecule has 0 amide bonds. The van der Waals surface area contributed by atoms with E-state index in [-0.39, 0.29) is 0 Å². The third-order valence-electron chi connectivity index (χ3n) is 5.84. The Bertz CT molecular complexity index is 277. The molecule has 1 saturated carbocycles. The monoisotopic (exact) mass is 264 g/mol. The van der Waals surface area contributed by atoms with Crippen molar-refractivity contribution in [1.29, 1.82) is 0 Å². The molecule has 19 heavy (non-hydrogen) atoms. The van der Waals surface area contributed by atoms with Crippen molar-refractivity contribution in [2.24, 2.45) is 11.8 Å². The van der Waals surface area contributed by atoms with Gasteiger partial charge in [0.1, 0.15) is 0 Å². The predicted molar refractivity (Wildman–Crippen MR) is 81.3 cm³/mol. The third-order valence-corrected chi connectivity index (χ3v) is 5.84. The largest absolute Gasteiger partial charge is 0.314 e. The van der Waals surface area contributed by atoms with Gasteiger partial charge in [0.2, 0.25) is 0 Å². The van der Waals surface area contributed by atoms with Crippen molar-refractivity contribution in [2.45, 2.75) is 83.3 Å². The van der Waals surface area contributed by atoms with Gasteiger partial charge in [0.05, 0.1) is 0 Å². The van der Waals surface area contributed by atoms with Crippen LogP contribution < -0.4 is 5.32 Å². The first-order chi connectivity index (χ1) is 9.26. The van der Waals surface area contributed by atoms with Crippen LogP contribution in [-0.4, -0.2) is 36.1 Å². The molecule has 2 nitrogen and oxygen atoms in total. The van der Waals surface area contributed by atoms with E-state index in [1.165, 1.54) is 64.5 Å². The normalized spacial score (nSPS) is 42.9. The Morgan fingerprint density at radius 1 is 1.00 bits per heavy atom. The zero-order valence-corrected chi connectivity index (χ0v) is 12.9. The van der Waals surface area contributed by atoms with E-state index in [0.29, 0.717) is 0 Å². The summed E-state index contributed by atoms with van der Waals surface area (Å²) in [4.78, 5) is 2.91. The van der Waals surface area contributed by atoms with E-state index in [4.69, 9.17) is 0 Å². The maximum absolute atomic E-state index is 3.77. The molecular formula is C17H32N2. The Hall–Kier alpha value is -0.0800. The zero-order valence-electron chi connectivity index (χ0n) is 12.9. The second-order valence-corrected chi connectivity index (χ2v) is 7.49. The fourth-order valence-corrected chi connectivity index (χ4v) is 4.88. The van der Waals surface area contributed by atoms with Crippen molar-refractivity contribution < 1.29 is 0 Å². The van der Waals surface area contributed by atoms with E-state index < -0.39 is 0 Å². The van der Waals surface area contributed by atoms with Crippen molar-refractivity contribution in [3.63, 3.8) is 0 Å². The van der Waals surface area contributed by atoms with Crippen molar-refractivity contribution in [1.82, 2.24) is 10.2 Å². The van der Waals surface area contributed by atoms with Crippen LogP contribution in [0.25, 0.3) is 0 Å². The fourth-order valence-electron chi connectivity index (χ4n) is 4.88. The molecule has 3 fully saturated rings. The minimum atomic E-state index is 0.816. The van der Waals surface area contributed by atoms with Crippen molar-refractivity contribution >= 4 is 0 Å². The van der Waals surface area contributed by atoms with Gasteiger partial charge in [-0.15, -0.1) is 0 Å². The number of piperidine rings is 1. The molecule has 2 heteroatoms. The summed E-state index contributed by atoms with van der Waals surface area (Å²) in [6, 6.07) is 2.63. The Labute approximate surface area is 119 Å². The number of hydrogen-bond acceptors (Lipinski definition) is 2. The molecule has 1 aliphatic carbocycles. The molecule has 4 atom stereocenters. The molecule has 110 valence electrons. The van der Waals surface area contributed by atoms with Gasteiger partial charge in [-0.2, -0.15) is 0 Å². The van der Waals surface area contributed by atoms with Crippen molar-refractivity contribution in [2.75, 3.05) is 13.1 Å². The molecule has 1 N–H and O–H groups in total. The van der Waals surface area contributed by atoms with E-state index >= 15 is 0 Å². The summed E-state index contributed by atoms with van der Waals surface area (Å²) in [5.41, 5.74) is 0. The third kappa shape index (κ3) is 3.16. The number of nitrogens with one attached hydrogen (secondary N) is 1. The smallest absolute Gasteiger partial charge is 0.0114 e. The molecule has 0 aromatic rings. The van der Waals surface area contributed by atoms with E-state index in [0.717, 1.165) is 30.0 Å². The minimum absolute atomic E-state index is 0.816. The van der Waals surface area contributed by atoms with Gasteiger partial charge in [0, 0.05) is 24.7 Å². The Morgan fingerprint density at radius 2 is 1.74 bits per heavy atom. The molecule has 3 aliphatic rings. The van der Waals surface area contributed by atoms with Gasteiger partial charge in [0.15, 0.2) is 0 Å². The summed E-state index contributed by atoms with van der Waals surface area (Å²) >= 11 is 0. The van der Waals surface area contributed by atoms with Gasteiger partial charge in [0.25, 0.3) is 0 Å². The molecule has 3 rings (SSSR count). The average molecular weight is 264 g/mol. The highest BCUT2D eigenvalue weighted by molar-refractivity contribution is 4.98. The van der Waals surface area contributed by atoms with Gasteiger partial charge in [-0.3, -0.25) is 4.90 Å². The topological polar surface area (TPSA) is 15.3 Å². The lowest BCUT2D eigenvalue weighted by molar-refractivity contribution is 0.0978. The number of nitrogens with zero attached hydrogens (tertiary/aromatic N) is 1. The lowest BCUT2D eigenvalue weighted by atomic mass is 9.95. The van der Waals surface area contributed by atoms with Gasteiger partial charge in [-0.25, -0.2) is 0 Å². The Kier molecular flexibility index (Phi) is 4.48. The molecule has 0 aromatic heterocycles.